The summed E-state index contributed by atoms with van der Waals surface area (Å²) in [7, 11) is 0. The van der Waals surface area contributed by atoms with Crippen molar-refractivity contribution >= 4 is 63.2 Å². The SMILES string of the molecule is Brc1cccc(COC2CCCCO2)c1.O=C(Oc1ccccc1)c1cccc(CO)c1.O=C(Oc1ccccc1)c1cccc(COC2CCCCO2)c1.O=CO.O=COc1ccccc1.O=COc1ccccc1.OCc1cccc(Br)c1. The lowest BCUT2D eigenvalue weighted by Gasteiger charge is -2.22. The number of carbonyl (C=O) groups excluding carboxylic acids is 4. The number of rotatable bonds is 16. The van der Waals surface area contributed by atoms with Gasteiger partial charge in [0.1, 0.15) is 23.0 Å². The molecule has 0 aromatic heterocycles. The zero-order chi connectivity index (χ0) is 61.0. The lowest BCUT2D eigenvalue weighted by atomic mass is 10.1. The van der Waals surface area contributed by atoms with Gasteiger partial charge in [0, 0.05) is 22.2 Å². The molecule has 0 aliphatic carbocycles. The fourth-order valence-electron chi connectivity index (χ4n) is 7.33. The summed E-state index contributed by atoms with van der Waals surface area (Å²) in [6.07, 6.45) is 6.42. The zero-order valence-corrected chi connectivity index (χ0v) is 49.7. The van der Waals surface area contributed by atoms with E-state index in [1.54, 1.807) is 121 Å². The average molecular weight is 1290 g/mol. The minimum absolute atomic E-state index is 0.00210. The van der Waals surface area contributed by atoms with E-state index in [0.717, 1.165) is 65.4 Å². The van der Waals surface area contributed by atoms with Crippen molar-refractivity contribution in [3.8, 4) is 23.0 Å². The van der Waals surface area contributed by atoms with Crippen LogP contribution in [0.2, 0.25) is 0 Å². The van der Waals surface area contributed by atoms with E-state index in [0.29, 0.717) is 65.8 Å². The van der Waals surface area contributed by atoms with Gasteiger partial charge in [0.25, 0.3) is 19.4 Å². The molecule has 2 heterocycles. The van der Waals surface area contributed by atoms with E-state index in [1.165, 1.54) is 12.0 Å². The van der Waals surface area contributed by atoms with Crippen molar-refractivity contribution in [3.05, 3.63) is 261 Å². The predicted molar refractivity (Wildman–Crippen MR) is 328 cm³/mol. The van der Waals surface area contributed by atoms with Crippen LogP contribution < -0.4 is 18.9 Å². The molecule has 16 nitrogen and oxygen atoms in total. The summed E-state index contributed by atoms with van der Waals surface area (Å²) < 4.78 is 44.1. The molecule has 8 aromatic rings. The molecule has 0 saturated carbocycles. The van der Waals surface area contributed by atoms with Crippen LogP contribution in [0.1, 0.15) is 81.5 Å². The summed E-state index contributed by atoms with van der Waals surface area (Å²) in [5.41, 5.74) is 4.68. The molecule has 18 heteroatoms. The smallest absolute Gasteiger partial charge is 0.343 e. The number of carboxylic acid groups (broad SMARTS) is 1. The topological polar surface area (TPSA) is 220 Å². The molecule has 10 rings (SSSR count). The van der Waals surface area contributed by atoms with Gasteiger partial charge in [0.2, 0.25) is 0 Å². The van der Waals surface area contributed by atoms with Crippen LogP contribution in [0.3, 0.4) is 0 Å². The first-order valence-corrected chi connectivity index (χ1v) is 28.4. The fourth-order valence-corrected chi connectivity index (χ4v) is 8.22. The number of halogens is 2. The highest BCUT2D eigenvalue weighted by molar-refractivity contribution is 9.10. The van der Waals surface area contributed by atoms with Gasteiger partial charge in [-0.2, -0.15) is 0 Å². The van der Waals surface area contributed by atoms with Crippen LogP contribution in [0.5, 0.6) is 23.0 Å². The Hall–Kier alpha value is -8.17. The molecular formula is C67H68Br2O16. The van der Waals surface area contributed by atoms with Crippen LogP contribution in [0.25, 0.3) is 0 Å². The van der Waals surface area contributed by atoms with E-state index in [4.69, 9.17) is 48.5 Å². The number of esters is 2. The van der Waals surface area contributed by atoms with Crippen molar-refractivity contribution in [2.24, 2.45) is 0 Å². The molecule has 0 bridgehead atoms. The molecule has 0 radical (unpaired) electrons. The first-order valence-electron chi connectivity index (χ1n) is 26.8. The summed E-state index contributed by atoms with van der Waals surface area (Å²) in [4.78, 5) is 51.8. The van der Waals surface area contributed by atoms with Gasteiger partial charge in [0.05, 0.1) is 37.6 Å². The van der Waals surface area contributed by atoms with Gasteiger partial charge in [0.15, 0.2) is 12.6 Å². The first kappa shape index (κ1) is 69.3. The Kier molecular flexibility index (Phi) is 35.5. The predicted octanol–water partition coefficient (Wildman–Crippen LogP) is 13.9. The quantitative estimate of drug-likeness (QED) is 0.0465. The summed E-state index contributed by atoms with van der Waals surface area (Å²) in [6.45, 7) is 3.25. The third-order valence-corrected chi connectivity index (χ3v) is 12.4. The molecule has 2 unspecified atom stereocenters. The Morgan fingerprint density at radius 1 is 0.435 bits per heavy atom. The van der Waals surface area contributed by atoms with Gasteiger partial charge in [-0.05, 0) is 158 Å². The third-order valence-electron chi connectivity index (χ3n) is 11.4. The standard InChI is InChI=1S/C19H20O4.C14H12O3.C12H15BrO2.C7H7BrO.2C7H6O2.CH2O2/c20-19(23-17-9-2-1-3-10-17)16-8-6-7-15(13-16)14-22-18-11-4-5-12-21-18;15-10-11-5-4-6-12(9-11)14(16)17-13-7-2-1-3-8-13;13-11-5-3-4-10(8-11)9-15-12-6-1-2-7-14-12;8-7-3-1-2-6(4-7)5-9;2*8-6-9-7-4-2-1-3-5-7;2-1-3/h1-3,6-10,13,18H,4-5,11-12,14H2;1-9,15H,10H2;3-5,8,12H,1-2,6-7,9H2;1-4,9H,5H2;2*1-6H;1H,(H,2,3). The van der Waals surface area contributed by atoms with Crippen molar-refractivity contribution in [2.75, 3.05) is 13.2 Å². The second-order valence-corrected chi connectivity index (χ2v) is 19.6. The molecule has 2 fully saturated rings. The highest BCUT2D eigenvalue weighted by atomic mass is 79.9. The highest BCUT2D eigenvalue weighted by Gasteiger charge is 2.16. The Morgan fingerprint density at radius 3 is 1.11 bits per heavy atom. The summed E-state index contributed by atoms with van der Waals surface area (Å²) in [6, 6.07) is 65.5. The molecule has 8 aromatic carbocycles. The summed E-state index contributed by atoms with van der Waals surface area (Å²) in [5, 5.41) is 24.5. The number of hydrogen-bond donors (Lipinski definition) is 3. The maximum atomic E-state index is 12.2. The minimum atomic E-state index is -0.425. The zero-order valence-electron chi connectivity index (χ0n) is 46.6. The maximum absolute atomic E-state index is 12.2. The van der Waals surface area contributed by atoms with Gasteiger partial charge in [-0.15, -0.1) is 0 Å². The van der Waals surface area contributed by atoms with E-state index in [-0.39, 0.29) is 38.2 Å². The maximum Gasteiger partial charge on any atom is 0.343 e. The van der Waals surface area contributed by atoms with Crippen molar-refractivity contribution < 1.29 is 77.2 Å². The van der Waals surface area contributed by atoms with Crippen molar-refractivity contribution in [1.82, 2.24) is 0 Å². The average Bonchev–Trinajstić information content (AvgIpc) is 3.69. The Morgan fingerprint density at radius 2 is 0.765 bits per heavy atom. The van der Waals surface area contributed by atoms with Crippen LogP contribution in [0.4, 0.5) is 0 Å². The molecule has 2 aliphatic heterocycles. The Labute approximate surface area is 512 Å². The van der Waals surface area contributed by atoms with E-state index in [9.17, 15) is 19.2 Å². The number of carbonyl (C=O) groups is 5. The van der Waals surface area contributed by atoms with Crippen molar-refractivity contribution in [2.45, 2.75) is 77.5 Å². The number of aliphatic hydroxyl groups excluding tert-OH is 2. The number of benzene rings is 8. The molecule has 3 N–H and O–H groups in total. The molecule has 0 spiro atoms. The van der Waals surface area contributed by atoms with E-state index < -0.39 is 5.97 Å². The second-order valence-electron chi connectivity index (χ2n) is 17.8. The number of aliphatic hydroxyl groups is 2. The molecule has 85 heavy (non-hydrogen) atoms. The first-order chi connectivity index (χ1) is 41.5. The van der Waals surface area contributed by atoms with Crippen LogP contribution in [0.15, 0.2) is 227 Å². The fraction of sp³-hybridized carbons (Fsp3) is 0.209. The molecule has 0 amide bonds. The largest absolute Gasteiger partial charge is 0.483 e. The van der Waals surface area contributed by atoms with Gasteiger partial charge in [-0.3, -0.25) is 14.4 Å². The van der Waals surface area contributed by atoms with Crippen LogP contribution in [-0.2, 0) is 59.8 Å². The Bertz CT molecular complexity index is 3040. The van der Waals surface area contributed by atoms with Crippen molar-refractivity contribution in [1.29, 1.82) is 0 Å². The number of para-hydroxylation sites is 4. The van der Waals surface area contributed by atoms with E-state index in [2.05, 4.69) is 53.5 Å². The van der Waals surface area contributed by atoms with Gasteiger partial charge >= 0.3 is 11.9 Å². The highest BCUT2D eigenvalue weighted by Crippen LogP contribution is 2.20. The normalized spacial score (nSPS) is 13.5. The second kappa shape index (κ2) is 43.5. The summed E-state index contributed by atoms with van der Waals surface area (Å²) in [5.74, 6) is 1.40. The lowest BCUT2D eigenvalue weighted by molar-refractivity contribution is -0.169. The third kappa shape index (κ3) is 30.8. The van der Waals surface area contributed by atoms with Gasteiger partial charge in [-0.1, -0.05) is 153 Å². The molecular weight excluding hydrogens is 1220 g/mol. The molecule has 2 aliphatic rings. The van der Waals surface area contributed by atoms with E-state index in [1.807, 2.05) is 84.9 Å². The minimum Gasteiger partial charge on any atom is -0.483 e. The Balaban J connectivity index is 0.000000225. The van der Waals surface area contributed by atoms with Crippen LogP contribution >= 0.6 is 31.9 Å². The molecule has 2 saturated heterocycles. The summed E-state index contributed by atoms with van der Waals surface area (Å²) >= 11 is 6.73. The van der Waals surface area contributed by atoms with Crippen molar-refractivity contribution in [3.63, 3.8) is 0 Å². The van der Waals surface area contributed by atoms with Crippen LogP contribution in [0, 0.1) is 0 Å². The van der Waals surface area contributed by atoms with E-state index >= 15 is 0 Å². The number of ether oxygens (including phenoxy) is 8. The van der Waals surface area contributed by atoms with Gasteiger partial charge in [-0.25, -0.2) is 9.59 Å². The lowest BCUT2D eigenvalue weighted by Crippen LogP contribution is -2.22. The molecule has 446 valence electrons. The van der Waals surface area contributed by atoms with Crippen LogP contribution in [-0.4, -0.2) is 72.5 Å². The molecule has 2 atom stereocenters. The van der Waals surface area contributed by atoms with Gasteiger partial charge < -0.3 is 53.2 Å². The number of hydrogen-bond acceptors (Lipinski definition) is 15. The monoisotopic (exact) mass is 1290 g/mol.